The van der Waals surface area contributed by atoms with Gasteiger partial charge in [0.25, 0.3) is 0 Å². The van der Waals surface area contributed by atoms with Crippen molar-refractivity contribution in [1.82, 2.24) is 5.32 Å². The first-order chi connectivity index (χ1) is 11.6. The van der Waals surface area contributed by atoms with Gasteiger partial charge in [-0.05, 0) is 36.6 Å². The first-order valence-electron chi connectivity index (χ1n) is 8.03. The van der Waals surface area contributed by atoms with Crippen molar-refractivity contribution in [2.24, 2.45) is 0 Å². The lowest BCUT2D eigenvalue weighted by molar-refractivity contribution is -0.140. The highest BCUT2D eigenvalue weighted by Gasteiger charge is 2.21. The van der Waals surface area contributed by atoms with Crippen LogP contribution in [0, 0.1) is 0 Å². The van der Waals surface area contributed by atoms with E-state index in [1.807, 2.05) is 24.3 Å². The van der Waals surface area contributed by atoms with Crippen molar-refractivity contribution >= 4 is 29.5 Å². The molecule has 1 aliphatic rings. The van der Waals surface area contributed by atoms with Crippen molar-refractivity contribution in [2.45, 2.75) is 25.7 Å². The summed E-state index contributed by atoms with van der Waals surface area (Å²) in [6.45, 7) is 1.19. The van der Waals surface area contributed by atoms with Crippen molar-refractivity contribution in [3.8, 4) is 0 Å². The topological polar surface area (TPSA) is 75.7 Å². The summed E-state index contributed by atoms with van der Waals surface area (Å²) in [5.41, 5.74) is 1.78. The van der Waals surface area contributed by atoms with Crippen LogP contribution in [0.2, 0.25) is 0 Å². The first kappa shape index (κ1) is 17.7. The van der Waals surface area contributed by atoms with Gasteiger partial charge in [-0.2, -0.15) is 0 Å². The van der Waals surface area contributed by atoms with E-state index in [-0.39, 0.29) is 24.2 Å². The lowest BCUT2D eigenvalue weighted by Gasteiger charge is -2.15. The fourth-order valence-electron chi connectivity index (χ4n) is 2.46. The highest BCUT2D eigenvalue weighted by molar-refractivity contribution is 5.95. The molecule has 6 heteroatoms. The minimum atomic E-state index is -0.281. The van der Waals surface area contributed by atoms with Crippen molar-refractivity contribution in [2.75, 3.05) is 25.1 Å². The lowest BCUT2D eigenvalue weighted by atomic mass is 10.2. The smallest absolute Gasteiger partial charge is 0.305 e. The van der Waals surface area contributed by atoms with Gasteiger partial charge in [0.15, 0.2) is 0 Å². The summed E-state index contributed by atoms with van der Waals surface area (Å²) in [4.78, 5) is 36.1. The number of methoxy groups -OCH3 is 1. The highest BCUT2D eigenvalue weighted by atomic mass is 16.5. The van der Waals surface area contributed by atoms with Crippen LogP contribution in [0.25, 0.3) is 6.08 Å². The number of nitrogens with one attached hydrogen (secondary N) is 1. The molecule has 0 atom stereocenters. The van der Waals surface area contributed by atoms with Gasteiger partial charge in [-0.1, -0.05) is 12.1 Å². The summed E-state index contributed by atoms with van der Waals surface area (Å²) in [5, 5.41) is 2.71. The molecule has 128 valence electrons. The third kappa shape index (κ3) is 5.22. The van der Waals surface area contributed by atoms with Crippen LogP contribution in [0.5, 0.6) is 0 Å². The van der Waals surface area contributed by atoms with E-state index < -0.39 is 0 Å². The maximum atomic E-state index is 11.7. The van der Waals surface area contributed by atoms with E-state index in [0.29, 0.717) is 19.4 Å². The molecule has 1 heterocycles. The molecule has 2 rings (SSSR count). The second kappa shape index (κ2) is 8.86. The summed E-state index contributed by atoms with van der Waals surface area (Å²) in [5.74, 6) is -0.334. The molecule has 0 saturated carbocycles. The number of anilines is 1. The molecule has 0 bridgehead atoms. The number of amides is 2. The Balaban J connectivity index is 1.78. The van der Waals surface area contributed by atoms with Crippen molar-refractivity contribution in [3.05, 3.63) is 35.9 Å². The molecule has 1 saturated heterocycles. The summed E-state index contributed by atoms with van der Waals surface area (Å²) in [6, 6.07) is 7.53. The van der Waals surface area contributed by atoms with Crippen LogP contribution in [-0.2, 0) is 19.1 Å². The van der Waals surface area contributed by atoms with Gasteiger partial charge in [0.1, 0.15) is 0 Å². The SMILES string of the molecule is COC(=O)CCCNC(=O)/C=C/c1ccc(N2CCCC2=O)cc1. The zero-order chi connectivity index (χ0) is 17.4. The normalized spacial score (nSPS) is 14.2. The van der Waals surface area contributed by atoms with Gasteiger partial charge in [-0.3, -0.25) is 14.4 Å². The van der Waals surface area contributed by atoms with Gasteiger partial charge in [0.05, 0.1) is 7.11 Å². The number of benzene rings is 1. The average molecular weight is 330 g/mol. The molecule has 1 aromatic rings. The van der Waals surface area contributed by atoms with Gasteiger partial charge < -0.3 is 15.0 Å². The fourth-order valence-corrected chi connectivity index (χ4v) is 2.46. The predicted octanol–water partition coefficient (Wildman–Crippen LogP) is 1.90. The third-order valence-electron chi connectivity index (χ3n) is 3.79. The molecule has 1 aromatic carbocycles. The lowest BCUT2D eigenvalue weighted by Crippen LogP contribution is -2.23. The molecule has 1 aliphatic heterocycles. The van der Waals surface area contributed by atoms with Crippen LogP contribution in [0.15, 0.2) is 30.3 Å². The minimum Gasteiger partial charge on any atom is -0.469 e. The van der Waals surface area contributed by atoms with E-state index in [0.717, 1.165) is 24.2 Å². The molecule has 2 amide bonds. The van der Waals surface area contributed by atoms with Gasteiger partial charge in [0, 0.05) is 37.7 Å². The number of hydrogen-bond donors (Lipinski definition) is 1. The minimum absolute atomic E-state index is 0.157. The number of nitrogens with zero attached hydrogens (tertiary/aromatic N) is 1. The molecule has 0 spiro atoms. The van der Waals surface area contributed by atoms with Crippen molar-refractivity contribution < 1.29 is 19.1 Å². The van der Waals surface area contributed by atoms with E-state index in [2.05, 4.69) is 10.1 Å². The monoisotopic (exact) mass is 330 g/mol. The number of carbonyl (C=O) groups is 3. The molecule has 1 N–H and O–H groups in total. The van der Waals surface area contributed by atoms with Crippen LogP contribution in [0.4, 0.5) is 5.69 Å². The molecule has 0 unspecified atom stereocenters. The molecule has 1 fully saturated rings. The second-order valence-corrected chi connectivity index (χ2v) is 5.54. The number of esters is 1. The summed E-state index contributed by atoms with van der Waals surface area (Å²) in [6.07, 6.45) is 5.51. The molecule has 6 nitrogen and oxygen atoms in total. The van der Waals surface area contributed by atoms with Crippen LogP contribution < -0.4 is 10.2 Å². The fraction of sp³-hybridized carbons (Fsp3) is 0.389. The van der Waals surface area contributed by atoms with Crippen LogP contribution in [0.1, 0.15) is 31.2 Å². The number of ether oxygens (including phenoxy) is 1. The number of carbonyl (C=O) groups excluding carboxylic acids is 3. The molecule has 0 aromatic heterocycles. The van der Waals surface area contributed by atoms with Crippen LogP contribution >= 0.6 is 0 Å². The third-order valence-corrected chi connectivity index (χ3v) is 3.79. The van der Waals surface area contributed by atoms with Gasteiger partial charge in [-0.25, -0.2) is 0 Å². The number of hydrogen-bond acceptors (Lipinski definition) is 4. The Morgan fingerprint density at radius 3 is 2.67 bits per heavy atom. The Bertz CT molecular complexity index is 622. The Hall–Kier alpha value is -2.63. The predicted molar refractivity (Wildman–Crippen MR) is 91.3 cm³/mol. The largest absolute Gasteiger partial charge is 0.469 e. The van der Waals surface area contributed by atoms with Crippen LogP contribution in [0.3, 0.4) is 0 Å². The van der Waals surface area contributed by atoms with E-state index >= 15 is 0 Å². The van der Waals surface area contributed by atoms with Gasteiger partial charge in [-0.15, -0.1) is 0 Å². The van der Waals surface area contributed by atoms with E-state index in [1.54, 1.807) is 11.0 Å². The van der Waals surface area contributed by atoms with Gasteiger partial charge >= 0.3 is 5.97 Å². The quantitative estimate of drug-likeness (QED) is 0.471. The highest BCUT2D eigenvalue weighted by Crippen LogP contribution is 2.21. The standard InChI is InChI=1S/C18H22N2O4/c1-24-18(23)5-2-12-19-16(21)11-8-14-6-9-15(10-7-14)20-13-3-4-17(20)22/h6-11H,2-5,12-13H2,1H3,(H,19,21)/b11-8+. The van der Waals surface area contributed by atoms with Crippen molar-refractivity contribution in [1.29, 1.82) is 0 Å². The Kier molecular flexibility index (Phi) is 6.54. The second-order valence-electron chi connectivity index (χ2n) is 5.54. The molecule has 24 heavy (non-hydrogen) atoms. The molecular formula is C18H22N2O4. The van der Waals surface area contributed by atoms with E-state index in [9.17, 15) is 14.4 Å². The molecular weight excluding hydrogens is 308 g/mol. The van der Waals surface area contributed by atoms with Crippen molar-refractivity contribution in [3.63, 3.8) is 0 Å². The summed E-state index contributed by atoms with van der Waals surface area (Å²) < 4.78 is 4.53. The Morgan fingerprint density at radius 1 is 1.29 bits per heavy atom. The van der Waals surface area contributed by atoms with Crippen LogP contribution in [-0.4, -0.2) is 38.0 Å². The van der Waals surface area contributed by atoms with E-state index in [1.165, 1.54) is 13.2 Å². The maximum absolute atomic E-state index is 11.7. The number of rotatable bonds is 7. The Morgan fingerprint density at radius 2 is 2.04 bits per heavy atom. The zero-order valence-corrected chi connectivity index (χ0v) is 13.8. The molecule has 0 aliphatic carbocycles. The van der Waals surface area contributed by atoms with Gasteiger partial charge in [0.2, 0.25) is 11.8 Å². The summed E-state index contributed by atoms with van der Waals surface area (Å²) in [7, 11) is 1.34. The summed E-state index contributed by atoms with van der Waals surface area (Å²) >= 11 is 0. The zero-order valence-electron chi connectivity index (χ0n) is 13.8. The van der Waals surface area contributed by atoms with E-state index in [4.69, 9.17) is 0 Å². The Labute approximate surface area is 141 Å². The average Bonchev–Trinajstić information content (AvgIpc) is 3.03. The molecule has 0 radical (unpaired) electrons. The first-order valence-corrected chi connectivity index (χ1v) is 8.03. The maximum Gasteiger partial charge on any atom is 0.305 e.